The van der Waals surface area contributed by atoms with Crippen molar-refractivity contribution in [3.05, 3.63) is 78.4 Å². The minimum atomic E-state index is 0.163. The lowest BCUT2D eigenvalue weighted by Crippen LogP contribution is -2.19. The average molecular weight is 350 g/mol. The van der Waals surface area contributed by atoms with Crippen LogP contribution in [0.3, 0.4) is 0 Å². The Bertz CT molecular complexity index is 865. The number of nitrogens with one attached hydrogen (secondary N) is 2. The first-order valence-corrected chi connectivity index (χ1v) is 8.21. The molecule has 3 aromatic carbocycles. The van der Waals surface area contributed by atoms with Gasteiger partial charge in [-0.1, -0.05) is 24.3 Å². The molecule has 0 unspecified atom stereocenters. The lowest BCUT2D eigenvalue weighted by atomic mass is 10.2. The molecule has 0 saturated heterocycles. The molecule has 3 rings (SSSR count). The van der Waals surface area contributed by atoms with Crippen molar-refractivity contribution in [2.24, 2.45) is 0 Å². The van der Waals surface area contributed by atoms with Crippen molar-refractivity contribution in [2.75, 3.05) is 10.6 Å². The van der Waals surface area contributed by atoms with Gasteiger partial charge in [-0.25, -0.2) is 0 Å². The fourth-order valence-electron chi connectivity index (χ4n) is 2.26. The van der Waals surface area contributed by atoms with Crippen LogP contribution in [0.25, 0.3) is 0 Å². The summed E-state index contributed by atoms with van der Waals surface area (Å²) < 4.78 is 5.75. The van der Waals surface area contributed by atoms with E-state index in [1.165, 1.54) is 0 Å². The zero-order valence-electron chi connectivity index (χ0n) is 13.7. The first-order chi connectivity index (χ1) is 12.1. The van der Waals surface area contributed by atoms with Gasteiger partial charge in [0.15, 0.2) is 5.11 Å². The standard InChI is InChI=1S/C20H18N2O2S/c1-14-7-12-18(19(23)13-14)22-20(25)21-15-8-10-17(11-9-15)24-16-5-3-2-4-6-16/h2-13,23H,1H3,(H2,21,22,25). The maximum atomic E-state index is 9.92. The number of phenols is 1. The SMILES string of the molecule is Cc1ccc(NC(=S)Nc2ccc(Oc3ccccc3)cc2)c(O)c1. The van der Waals surface area contributed by atoms with Crippen LogP contribution in [-0.2, 0) is 0 Å². The molecule has 0 aliphatic rings. The van der Waals surface area contributed by atoms with Crippen LogP contribution in [0.2, 0.25) is 0 Å². The van der Waals surface area contributed by atoms with E-state index in [2.05, 4.69) is 10.6 Å². The minimum Gasteiger partial charge on any atom is -0.506 e. The van der Waals surface area contributed by atoms with Crippen LogP contribution in [0, 0.1) is 6.92 Å². The van der Waals surface area contributed by atoms with Crippen LogP contribution in [-0.4, -0.2) is 10.2 Å². The molecule has 0 saturated carbocycles. The molecule has 4 nitrogen and oxygen atoms in total. The van der Waals surface area contributed by atoms with Crippen molar-refractivity contribution in [1.29, 1.82) is 0 Å². The number of rotatable bonds is 4. The molecule has 3 N–H and O–H groups in total. The highest BCUT2D eigenvalue weighted by molar-refractivity contribution is 7.80. The Morgan fingerprint density at radius 1 is 0.880 bits per heavy atom. The van der Waals surface area contributed by atoms with Gasteiger partial charge in [0.05, 0.1) is 5.69 Å². The van der Waals surface area contributed by atoms with Crippen molar-refractivity contribution in [3.8, 4) is 17.2 Å². The van der Waals surface area contributed by atoms with Crippen molar-refractivity contribution >= 4 is 28.7 Å². The van der Waals surface area contributed by atoms with E-state index in [0.29, 0.717) is 10.8 Å². The molecular formula is C20H18N2O2S. The molecular weight excluding hydrogens is 332 g/mol. The second-order valence-corrected chi connectivity index (χ2v) is 5.95. The van der Waals surface area contributed by atoms with Crippen LogP contribution >= 0.6 is 12.2 Å². The molecule has 0 fully saturated rings. The number of thiocarbonyl (C=S) groups is 1. The summed E-state index contributed by atoms with van der Waals surface area (Å²) in [5.74, 6) is 1.69. The smallest absolute Gasteiger partial charge is 0.175 e. The van der Waals surface area contributed by atoms with Gasteiger partial charge in [0, 0.05) is 5.69 Å². The Labute approximate surface area is 152 Å². The molecule has 0 amide bonds. The Morgan fingerprint density at radius 3 is 2.24 bits per heavy atom. The number of aromatic hydroxyl groups is 1. The van der Waals surface area contributed by atoms with Crippen molar-refractivity contribution in [2.45, 2.75) is 6.92 Å². The molecule has 0 heterocycles. The average Bonchev–Trinajstić information content (AvgIpc) is 2.60. The third-order valence-corrected chi connectivity index (χ3v) is 3.70. The molecule has 25 heavy (non-hydrogen) atoms. The van der Waals surface area contributed by atoms with E-state index in [0.717, 1.165) is 22.7 Å². The predicted molar refractivity (Wildman–Crippen MR) is 106 cm³/mol. The summed E-state index contributed by atoms with van der Waals surface area (Å²) in [5.41, 5.74) is 2.37. The molecule has 126 valence electrons. The zero-order chi connectivity index (χ0) is 17.6. The number of aryl methyl sites for hydroxylation is 1. The van der Waals surface area contributed by atoms with E-state index < -0.39 is 0 Å². The van der Waals surface area contributed by atoms with Crippen LogP contribution < -0.4 is 15.4 Å². The van der Waals surface area contributed by atoms with Gasteiger partial charge in [-0.05, 0) is 73.2 Å². The number of phenolic OH excluding ortho intramolecular Hbond substituents is 1. The monoisotopic (exact) mass is 350 g/mol. The lowest BCUT2D eigenvalue weighted by Gasteiger charge is -2.12. The number of benzene rings is 3. The van der Waals surface area contributed by atoms with Crippen LogP contribution in [0.1, 0.15) is 5.56 Å². The highest BCUT2D eigenvalue weighted by atomic mass is 32.1. The summed E-state index contributed by atoms with van der Waals surface area (Å²) in [6.45, 7) is 1.92. The van der Waals surface area contributed by atoms with Gasteiger partial charge in [0.2, 0.25) is 0 Å². The molecule has 0 radical (unpaired) electrons. The van der Waals surface area contributed by atoms with E-state index in [9.17, 15) is 5.11 Å². The Balaban J connectivity index is 1.60. The van der Waals surface area contributed by atoms with E-state index in [-0.39, 0.29) is 5.75 Å². The summed E-state index contributed by atoms with van der Waals surface area (Å²) in [5, 5.41) is 16.4. The minimum absolute atomic E-state index is 0.163. The van der Waals surface area contributed by atoms with E-state index in [1.807, 2.05) is 67.6 Å². The first-order valence-electron chi connectivity index (χ1n) is 7.81. The lowest BCUT2D eigenvalue weighted by molar-refractivity contribution is 0.477. The first kappa shape index (κ1) is 16.8. The van der Waals surface area contributed by atoms with Gasteiger partial charge in [0.25, 0.3) is 0 Å². The fourth-order valence-corrected chi connectivity index (χ4v) is 2.49. The van der Waals surface area contributed by atoms with Gasteiger partial charge >= 0.3 is 0 Å². The second-order valence-electron chi connectivity index (χ2n) is 5.54. The van der Waals surface area contributed by atoms with Crippen molar-refractivity contribution in [3.63, 3.8) is 0 Å². The number of para-hydroxylation sites is 1. The third kappa shape index (κ3) is 4.71. The molecule has 0 aliphatic carbocycles. The summed E-state index contributed by atoms with van der Waals surface area (Å²) in [6, 6.07) is 22.4. The van der Waals surface area contributed by atoms with Gasteiger partial charge in [-0.3, -0.25) is 0 Å². The molecule has 0 bridgehead atoms. The Morgan fingerprint density at radius 2 is 1.56 bits per heavy atom. The van der Waals surface area contributed by atoms with Gasteiger partial charge < -0.3 is 20.5 Å². The van der Waals surface area contributed by atoms with Crippen LogP contribution in [0.4, 0.5) is 11.4 Å². The normalized spacial score (nSPS) is 10.1. The summed E-state index contributed by atoms with van der Waals surface area (Å²) in [7, 11) is 0. The highest BCUT2D eigenvalue weighted by Gasteiger charge is 2.04. The van der Waals surface area contributed by atoms with Crippen molar-refractivity contribution in [1.82, 2.24) is 0 Å². The Kier molecular flexibility index (Phi) is 5.16. The van der Waals surface area contributed by atoms with Gasteiger partial charge in [0.1, 0.15) is 17.2 Å². The van der Waals surface area contributed by atoms with E-state index in [1.54, 1.807) is 12.1 Å². The highest BCUT2D eigenvalue weighted by Crippen LogP contribution is 2.25. The molecule has 0 aliphatic heterocycles. The fraction of sp³-hybridized carbons (Fsp3) is 0.0500. The maximum absolute atomic E-state index is 9.92. The number of hydrogen-bond acceptors (Lipinski definition) is 3. The molecule has 0 spiro atoms. The molecule has 5 heteroatoms. The zero-order valence-corrected chi connectivity index (χ0v) is 14.5. The second kappa shape index (κ2) is 7.68. The summed E-state index contributed by atoms with van der Waals surface area (Å²) >= 11 is 5.28. The number of anilines is 2. The van der Waals surface area contributed by atoms with E-state index in [4.69, 9.17) is 17.0 Å². The molecule has 0 aromatic heterocycles. The Hall–Kier alpha value is -3.05. The predicted octanol–water partition coefficient (Wildman–Crippen LogP) is 5.30. The number of hydrogen-bond donors (Lipinski definition) is 3. The van der Waals surface area contributed by atoms with Crippen LogP contribution in [0.5, 0.6) is 17.2 Å². The van der Waals surface area contributed by atoms with Crippen molar-refractivity contribution < 1.29 is 9.84 Å². The molecule has 3 aromatic rings. The van der Waals surface area contributed by atoms with Gasteiger partial charge in [-0.15, -0.1) is 0 Å². The number of ether oxygens (including phenoxy) is 1. The summed E-state index contributed by atoms with van der Waals surface area (Å²) in [4.78, 5) is 0. The van der Waals surface area contributed by atoms with Gasteiger partial charge in [-0.2, -0.15) is 0 Å². The largest absolute Gasteiger partial charge is 0.506 e. The maximum Gasteiger partial charge on any atom is 0.175 e. The topological polar surface area (TPSA) is 53.5 Å². The van der Waals surface area contributed by atoms with E-state index >= 15 is 0 Å². The summed E-state index contributed by atoms with van der Waals surface area (Å²) in [6.07, 6.45) is 0. The van der Waals surface area contributed by atoms with Crippen LogP contribution in [0.15, 0.2) is 72.8 Å². The molecule has 0 atom stereocenters. The third-order valence-electron chi connectivity index (χ3n) is 3.49. The quantitative estimate of drug-likeness (QED) is 0.440.